The summed E-state index contributed by atoms with van der Waals surface area (Å²) in [6.07, 6.45) is -0.298. The van der Waals surface area contributed by atoms with E-state index < -0.39 is 23.9 Å². The van der Waals surface area contributed by atoms with Crippen LogP contribution in [0, 0.1) is 11.8 Å². The number of rotatable bonds is 5. The van der Waals surface area contributed by atoms with E-state index >= 15 is 0 Å². The van der Waals surface area contributed by atoms with Crippen LogP contribution in [0.3, 0.4) is 0 Å². The molecule has 0 aliphatic carbocycles. The van der Waals surface area contributed by atoms with Crippen molar-refractivity contribution in [2.75, 3.05) is 11.5 Å². The van der Waals surface area contributed by atoms with Gasteiger partial charge in [0.05, 0.1) is 28.5 Å². The van der Waals surface area contributed by atoms with E-state index in [2.05, 4.69) is 11.8 Å². The quantitative estimate of drug-likeness (QED) is 0.371. The van der Waals surface area contributed by atoms with Crippen LogP contribution in [0.15, 0.2) is 72.8 Å². The van der Waals surface area contributed by atoms with Gasteiger partial charge in [-0.3, -0.25) is 9.59 Å². The Labute approximate surface area is 191 Å². The number of imide groups is 1. The van der Waals surface area contributed by atoms with Gasteiger partial charge in [0.15, 0.2) is 0 Å². The predicted molar refractivity (Wildman–Crippen MR) is 123 cm³/mol. The van der Waals surface area contributed by atoms with Gasteiger partial charge in [0.2, 0.25) is 0 Å². The van der Waals surface area contributed by atoms with E-state index in [0.29, 0.717) is 17.7 Å². The van der Waals surface area contributed by atoms with Gasteiger partial charge < -0.3 is 9.84 Å². The lowest BCUT2D eigenvalue weighted by Gasteiger charge is -2.14. The summed E-state index contributed by atoms with van der Waals surface area (Å²) in [5.41, 5.74) is 2.40. The Bertz CT molecular complexity index is 1290. The lowest BCUT2D eigenvalue weighted by Crippen LogP contribution is -2.29. The molecule has 3 aromatic rings. The third kappa shape index (κ3) is 4.69. The zero-order chi connectivity index (χ0) is 23.4. The molecule has 1 N–H and O–H groups in total. The Morgan fingerprint density at radius 1 is 0.909 bits per heavy atom. The van der Waals surface area contributed by atoms with E-state index in [1.54, 1.807) is 31.2 Å². The minimum absolute atomic E-state index is 0.131. The van der Waals surface area contributed by atoms with Crippen molar-refractivity contribution in [2.45, 2.75) is 19.4 Å². The summed E-state index contributed by atoms with van der Waals surface area (Å²) in [5, 5.41) is 9.58. The van der Waals surface area contributed by atoms with Crippen LogP contribution < -0.4 is 4.90 Å². The number of fused-ring (bicyclic) bond motifs is 1. The van der Waals surface area contributed by atoms with Crippen LogP contribution in [0.5, 0.6) is 0 Å². The Morgan fingerprint density at radius 3 is 2.36 bits per heavy atom. The molecule has 0 saturated heterocycles. The molecule has 1 unspecified atom stereocenters. The molecule has 3 aromatic carbocycles. The molecule has 6 heteroatoms. The van der Waals surface area contributed by atoms with E-state index in [1.807, 2.05) is 30.3 Å². The summed E-state index contributed by atoms with van der Waals surface area (Å²) in [5.74, 6) is 4.45. The molecule has 0 aromatic heterocycles. The predicted octanol–water partition coefficient (Wildman–Crippen LogP) is 3.81. The topological polar surface area (TPSA) is 83.9 Å². The minimum atomic E-state index is -0.751. The fraction of sp³-hybridized carbons (Fsp3) is 0.148. The van der Waals surface area contributed by atoms with Crippen molar-refractivity contribution in [2.24, 2.45) is 0 Å². The molecule has 1 aliphatic rings. The van der Waals surface area contributed by atoms with Crippen LogP contribution in [-0.2, 0) is 4.74 Å². The molecule has 1 aliphatic heterocycles. The normalized spacial score (nSPS) is 13.2. The maximum Gasteiger partial charge on any atom is 0.338 e. The maximum atomic E-state index is 13.1. The maximum absolute atomic E-state index is 13.1. The van der Waals surface area contributed by atoms with Crippen molar-refractivity contribution >= 4 is 23.5 Å². The molecule has 1 atom stereocenters. The molecule has 0 radical (unpaired) electrons. The highest BCUT2D eigenvalue weighted by atomic mass is 16.5. The van der Waals surface area contributed by atoms with Crippen molar-refractivity contribution < 1.29 is 24.2 Å². The number of esters is 1. The first kappa shape index (κ1) is 22.0. The second kappa shape index (κ2) is 9.51. The van der Waals surface area contributed by atoms with Crippen molar-refractivity contribution in [3.05, 3.63) is 101 Å². The summed E-state index contributed by atoms with van der Waals surface area (Å²) in [6, 6.07) is 20.6. The molecular formula is C27H21NO5. The van der Waals surface area contributed by atoms with E-state index in [-0.39, 0.29) is 23.3 Å². The van der Waals surface area contributed by atoms with Gasteiger partial charge in [-0.2, -0.15) is 0 Å². The second-order valence-corrected chi connectivity index (χ2v) is 7.53. The van der Waals surface area contributed by atoms with Gasteiger partial charge in [-0.05, 0) is 55.0 Å². The average molecular weight is 439 g/mol. The summed E-state index contributed by atoms with van der Waals surface area (Å²) in [7, 11) is 0. The highest BCUT2D eigenvalue weighted by Gasteiger charge is 2.37. The molecule has 0 bridgehead atoms. The SMILES string of the molecule is CCC(O)COC(=O)c1ccc2c(c1)C(=O)N(c1cccc(C#Cc3ccccc3)c1)C2=O. The van der Waals surface area contributed by atoms with E-state index in [9.17, 15) is 19.5 Å². The first-order valence-electron chi connectivity index (χ1n) is 10.5. The standard InChI is InChI=1S/C27H21NO5/c1-2-22(29)17-33-27(32)20-13-14-23-24(16-20)26(31)28(25(23)30)21-10-6-9-19(15-21)12-11-18-7-4-3-5-8-18/h3-10,13-16,22,29H,2,17H2,1H3. The van der Waals surface area contributed by atoms with Gasteiger partial charge in [-0.1, -0.05) is 43.0 Å². The monoisotopic (exact) mass is 439 g/mol. The minimum Gasteiger partial charge on any atom is -0.459 e. The largest absolute Gasteiger partial charge is 0.459 e. The number of aliphatic hydroxyl groups excluding tert-OH is 1. The van der Waals surface area contributed by atoms with Crippen LogP contribution in [0.1, 0.15) is 55.5 Å². The van der Waals surface area contributed by atoms with Gasteiger partial charge in [-0.25, -0.2) is 9.69 Å². The molecule has 0 fully saturated rings. The number of carbonyl (C=O) groups is 3. The molecule has 33 heavy (non-hydrogen) atoms. The van der Waals surface area contributed by atoms with E-state index in [1.165, 1.54) is 18.2 Å². The third-order valence-corrected chi connectivity index (χ3v) is 5.23. The number of anilines is 1. The Kier molecular flexibility index (Phi) is 6.34. The van der Waals surface area contributed by atoms with E-state index in [4.69, 9.17) is 4.74 Å². The molecular weight excluding hydrogens is 418 g/mol. The number of benzene rings is 3. The van der Waals surface area contributed by atoms with Crippen molar-refractivity contribution in [1.82, 2.24) is 0 Å². The number of amides is 2. The smallest absolute Gasteiger partial charge is 0.338 e. The summed E-state index contributed by atoms with van der Waals surface area (Å²) in [6.45, 7) is 1.64. The highest BCUT2D eigenvalue weighted by Crippen LogP contribution is 2.29. The molecule has 164 valence electrons. The van der Waals surface area contributed by atoms with Gasteiger partial charge in [-0.15, -0.1) is 0 Å². The average Bonchev–Trinajstić information content (AvgIpc) is 3.11. The molecule has 0 spiro atoms. The van der Waals surface area contributed by atoms with Crippen molar-refractivity contribution in [3.8, 4) is 11.8 Å². The number of ether oxygens (including phenoxy) is 1. The van der Waals surface area contributed by atoms with Crippen LogP contribution in [-0.4, -0.2) is 35.6 Å². The first-order chi connectivity index (χ1) is 16.0. The van der Waals surface area contributed by atoms with Crippen LogP contribution in [0.4, 0.5) is 5.69 Å². The number of carbonyl (C=O) groups excluding carboxylic acids is 3. The molecule has 4 rings (SSSR count). The Balaban J connectivity index is 1.57. The number of aliphatic hydroxyl groups is 1. The fourth-order valence-corrected chi connectivity index (χ4v) is 3.36. The van der Waals surface area contributed by atoms with Crippen LogP contribution >= 0.6 is 0 Å². The highest BCUT2D eigenvalue weighted by molar-refractivity contribution is 6.34. The number of hydrogen-bond acceptors (Lipinski definition) is 5. The van der Waals surface area contributed by atoms with Crippen molar-refractivity contribution in [1.29, 1.82) is 0 Å². The third-order valence-electron chi connectivity index (χ3n) is 5.23. The van der Waals surface area contributed by atoms with E-state index in [0.717, 1.165) is 10.5 Å². The first-order valence-corrected chi connectivity index (χ1v) is 10.5. The van der Waals surface area contributed by atoms with Gasteiger partial charge in [0.1, 0.15) is 6.61 Å². The van der Waals surface area contributed by atoms with Gasteiger partial charge in [0.25, 0.3) is 11.8 Å². The van der Waals surface area contributed by atoms with Crippen LogP contribution in [0.2, 0.25) is 0 Å². The Hall–Kier alpha value is -4.21. The lowest BCUT2D eigenvalue weighted by molar-refractivity contribution is 0.0250. The zero-order valence-electron chi connectivity index (χ0n) is 17.9. The molecule has 6 nitrogen and oxygen atoms in total. The molecule has 0 saturated carbocycles. The lowest BCUT2D eigenvalue weighted by atomic mass is 10.1. The Morgan fingerprint density at radius 2 is 1.61 bits per heavy atom. The second-order valence-electron chi connectivity index (χ2n) is 7.53. The van der Waals surface area contributed by atoms with Gasteiger partial charge >= 0.3 is 5.97 Å². The summed E-state index contributed by atoms with van der Waals surface area (Å²) in [4.78, 5) is 39.4. The summed E-state index contributed by atoms with van der Waals surface area (Å²) >= 11 is 0. The zero-order valence-corrected chi connectivity index (χ0v) is 17.9. The fourth-order valence-electron chi connectivity index (χ4n) is 3.36. The van der Waals surface area contributed by atoms with Crippen LogP contribution in [0.25, 0.3) is 0 Å². The summed E-state index contributed by atoms with van der Waals surface area (Å²) < 4.78 is 5.08. The number of hydrogen-bond donors (Lipinski definition) is 1. The van der Waals surface area contributed by atoms with Crippen molar-refractivity contribution in [3.63, 3.8) is 0 Å². The van der Waals surface area contributed by atoms with Gasteiger partial charge in [0, 0.05) is 11.1 Å². The molecule has 1 heterocycles. The number of nitrogens with zero attached hydrogens (tertiary/aromatic N) is 1. The molecule has 2 amide bonds.